The standard InChI is InChI=1S/C18H25F9O4S2/c1-32(13-9-3-2-4-10-13,11-14(28)12-7-5-6-8-12)31-33(29,30)18(26,27)16(21,22)15(19,20)17(23,24)25/h12-13H,2-11H2,1H3. The number of halogens is 9. The summed E-state index contributed by atoms with van der Waals surface area (Å²) in [5.41, 5.74) is 0. The fourth-order valence-electron chi connectivity index (χ4n) is 4.17. The molecule has 196 valence electrons. The molecule has 0 aromatic carbocycles. The summed E-state index contributed by atoms with van der Waals surface area (Å²) in [6.07, 6.45) is -1.75. The zero-order chi connectivity index (χ0) is 25.5. The third-order valence-electron chi connectivity index (χ3n) is 6.17. The van der Waals surface area contributed by atoms with Crippen LogP contribution in [0.25, 0.3) is 0 Å². The van der Waals surface area contributed by atoms with Crippen molar-refractivity contribution in [3.8, 4) is 0 Å². The smallest absolute Gasteiger partial charge is 0.298 e. The van der Waals surface area contributed by atoms with Crippen LogP contribution in [0.1, 0.15) is 57.8 Å². The number of Topliss-reactive ketones (excluding diaryl/α,β-unsaturated/α-hetero) is 1. The Hall–Kier alpha value is -0.700. The first kappa shape index (κ1) is 28.5. The highest BCUT2D eigenvalue weighted by molar-refractivity contribution is 8.33. The Morgan fingerprint density at radius 1 is 0.788 bits per heavy atom. The maximum Gasteiger partial charge on any atom is 0.460 e. The number of ketones is 1. The van der Waals surface area contributed by atoms with E-state index in [4.69, 9.17) is 0 Å². The molecule has 0 bridgehead atoms. The first-order valence-electron chi connectivity index (χ1n) is 10.2. The first-order chi connectivity index (χ1) is 14.8. The van der Waals surface area contributed by atoms with Crippen LogP contribution in [0.2, 0.25) is 0 Å². The van der Waals surface area contributed by atoms with E-state index in [0.717, 1.165) is 6.26 Å². The molecule has 0 saturated heterocycles. The minimum absolute atomic E-state index is 0.208. The molecule has 0 spiro atoms. The third kappa shape index (κ3) is 5.29. The van der Waals surface area contributed by atoms with Crippen LogP contribution in [0, 0.1) is 5.92 Å². The predicted molar refractivity (Wildman–Crippen MR) is 103 cm³/mol. The van der Waals surface area contributed by atoms with Crippen LogP contribution in [0.15, 0.2) is 0 Å². The van der Waals surface area contributed by atoms with Gasteiger partial charge in [-0.05, 0) is 31.9 Å². The van der Waals surface area contributed by atoms with Crippen LogP contribution < -0.4 is 0 Å². The van der Waals surface area contributed by atoms with Crippen molar-refractivity contribution in [1.82, 2.24) is 0 Å². The molecule has 0 aromatic rings. The summed E-state index contributed by atoms with van der Waals surface area (Å²) in [7, 11) is -10.5. The maximum absolute atomic E-state index is 14.2. The molecule has 0 aromatic heterocycles. The molecule has 0 N–H and O–H groups in total. The maximum atomic E-state index is 14.2. The van der Waals surface area contributed by atoms with Gasteiger partial charge in [0, 0.05) is 11.2 Å². The second-order valence-corrected chi connectivity index (χ2v) is 13.7. The fourth-order valence-corrected chi connectivity index (χ4v) is 9.60. The Bertz CT molecular complexity index is 817. The van der Waals surface area contributed by atoms with Gasteiger partial charge in [0.1, 0.15) is 5.78 Å². The first-order valence-corrected chi connectivity index (χ1v) is 13.8. The van der Waals surface area contributed by atoms with Gasteiger partial charge in [-0.1, -0.05) is 32.1 Å². The van der Waals surface area contributed by atoms with Crippen LogP contribution in [-0.2, 0) is 18.5 Å². The number of carbonyl (C=O) groups is 1. The number of hydrogen-bond acceptors (Lipinski definition) is 4. The van der Waals surface area contributed by atoms with Crippen molar-refractivity contribution < 1.29 is 56.4 Å². The molecule has 33 heavy (non-hydrogen) atoms. The van der Waals surface area contributed by atoms with Crippen molar-refractivity contribution >= 4 is 26.2 Å². The average Bonchev–Trinajstić information content (AvgIpc) is 3.22. The molecule has 2 rings (SSSR count). The van der Waals surface area contributed by atoms with Gasteiger partial charge in [0.2, 0.25) is 0 Å². The third-order valence-corrected chi connectivity index (χ3v) is 11.8. The number of hydrogen-bond donors (Lipinski definition) is 0. The zero-order valence-electron chi connectivity index (χ0n) is 17.6. The number of alkyl halides is 9. The summed E-state index contributed by atoms with van der Waals surface area (Å²) in [6, 6.07) is 0. The molecule has 0 radical (unpaired) electrons. The van der Waals surface area contributed by atoms with Crippen molar-refractivity contribution in [2.45, 2.75) is 86.3 Å². The van der Waals surface area contributed by atoms with E-state index in [0.29, 0.717) is 44.9 Å². The lowest BCUT2D eigenvalue weighted by Gasteiger charge is -2.44. The topological polar surface area (TPSA) is 60.4 Å². The van der Waals surface area contributed by atoms with E-state index in [9.17, 15) is 52.7 Å². The van der Waals surface area contributed by atoms with Gasteiger partial charge in [-0.3, -0.25) is 4.79 Å². The molecule has 2 aliphatic carbocycles. The van der Waals surface area contributed by atoms with Crippen LogP contribution in [0.4, 0.5) is 39.5 Å². The van der Waals surface area contributed by atoms with Crippen LogP contribution >= 0.6 is 10.3 Å². The average molecular weight is 541 g/mol. The molecule has 0 aliphatic heterocycles. The van der Waals surface area contributed by atoms with Crippen molar-refractivity contribution in [2.24, 2.45) is 5.92 Å². The Morgan fingerprint density at radius 2 is 1.24 bits per heavy atom. The molecule has 2 fully saturated rings. The van der Waals surface area contributed by atoms with Crippen molar-refractivity contribution in [1.29, 1.82) is 0 Å². The molecular weight excluding hydrogens is 515 g/mol. The summed E-state index contributed by atoms with van der Waals surface area (Å²) < 4.78 is 148. The molecule has 4 nitrogen and oxygen atoms in total. The van der Waals surface area contributed by atoms with Gasteiger partial charge in [0.25, 0.3) is 0 Å². The summed E-state index contributed by atoms with van der Waals surface area (Å²) in [5, 5.41) is -7.72. The Morgan fingerprint density at radius 3 is 1.70 bits per heavy atom. The molecule has 2 saturated carbocycles. The Labute approximate surface area is 187 Å². The van der Waals surface area contributed by atoms with Gasteiger partial charge in [-0.25, -0.2) is 3.63 Å². The lowest BCUT2D eigenvalue weighted by atomic mass is 10.0. The highest BCUT2D eigenvalue weighted by Crippen LogP contribution is 2.61. The summed E-state index contributed by atoms with van der Waals surface area (Å²) in [5.74, 6) is -16.5. The lowest BCUT2D eigenvalue weighted by molar-refractivity contribution is -0.382. The molecule has 1 unspecified atom stereocenters. The Kier molecular flexibility index (Phi) is 8.13. The molecule has 2 aliphatic rings. The second-order valence-electron chi connectivity index (χ2n) is 8.61. The van der Waals surface area contributed by atoms with Gasteiger partial charge in [-0.2, -0.15) is 47.9 Å². The van der Waals surface area contributed by atoms with Gasteiger partial charge < -0.3 is 0 Å². The largest absolute Gasteiger partial charge is 0.460 e. The highest BCUT2D eigenvalue weighted by Gasteiger charge is 2.86. The normalized spacial score (nSPS) is 23.3. The van der Waals surface area contributed by atoms with Crippen molar-refractivity contribution in [3.05, 3.63) is 0 Å². The second kappa shape index (κ2) is 9.40. The predicted octanol–water partition coefficient (Wildman–Crippen LogP) is 6.20. The minimum atomic E-state index is -7.36. The van der Waals surface area contributed by atoms with E-state index in [-0.39, 0.29) is 12.8 Å². The number of rotatable bonds is 9. The van der Waals surface area contributed by atoms with Crippen LogP contribution in [-0.4, -0.2) is 54.7 Å². The van der Waals surface area contributed by atoms with E-state index in [1.54, 1.807) is 0 Å². The van der Waals surface area contributed by atoms with Crippen LogP contribution in [0.3, 0.4) is 0 Å². The zero-order valence-corrected chi connectivity index (χ0v) is 19.2. The Balaban J connectivity index is 2.43. The molecule has 15 heteroatoms. The van der Waals surface area contributed by atoms with Gasteiger partial charge in [0.05, 0.1) is 5.75 Å². The SMILES string of the molecule is CS(CC(=O)C1CCCC1)(OS(=O)(=O)C(F)(F)C(F)(F)C(F)(F)C(F)(F)F)C1CCCCC1. The fraction of sp³-hybridized carbons (Fsp3) is 0.944. The summed E-state index contributed by atoms with van der Waals surface area (Å²) in [4.78, 5) is 12.7. The minimum Gasteiger partial charge on any atom is -0.298 e. The van der Waals surface area contributed by atoms with E-state index >= 15 is 0 Å². The van der Waals surface area contributed by atoms with E-state index < -0.39 is 66.4 Å². The van der Waals surface area contributed by atoms with E-state index in [1.807, 2.05) is 0 Å². The summed E-state index contributed by atoms with van der Waals surface area (Å²) >= 11 is 0. The molecule has 0 heterocycles. The molecule has 0 amide bonds. The quantitative estimate of drug-likeness (QED) is 0.327. The van der Waals surface area contributed by atoms with E-state index in [2.05, 4.69) is 3.63 Å². The van der Waals surface area contributed by atoms with Crippen molar-refractivity contribution in [2.75, 3.05) is 12.0 Å². The monoisotopic (exact) mass is 540 g/mol. The molecular formula is C18H25F9O4S2. The van der Waals surface area contributed by atoms with Gasteiger partial charge >= 0.3 is 33.4 Å². The van der Waals surface area contributed by atoms with Gasteiger partial charge in [-0.15, -0.1) is 10.3 Å². The number of carbonyl (C=O) groups excluding carboxylic acids is 1. The van der Waals surface area contributed by atoms with Crippen LogP contribution in [0.5, 0.6) is 0 Å². The van der Waals surface area contributed by atoms with Gasteiger partial charge in [0.15, 0.2) is 0 Å². The summed E-state index contributed by atoms with van der Waals surface area (Å²) in [6.45, 7) is 0. The lowest BCUT2D eigenvalue weighted by Crippen LogP contribution is -2.63. The molecule has 1 atom stereocenters. The van der Waals surface area contributed by atoms with Crippen molar-refractivity contribution in [3.63, 3.8) is 0 Å². The van der Waals surface area contributed by atoms with E-state index in [1.165, 1.54) is 0 Å². The highest BCUT2D eigenvalue weighted by atomic mass is 32.3.